The first-order valence-electron chi connectivity index (χ1n) is 11.2. The average molecular weight is 456 g/mol. The van der Waals surface area contributed by atoms with Gasteiger partial charge in [0.1, 0.15) is 12.1 Å². The van der Waals surface area contributed by atoms with Crippen LogP contribution < -0.4 is 10.2 Å². The van der Waals surface area contributed by atoms with Gasteiger partial charge in [0.05, 0.1) is 0 Å². The molecule has 172 valence electrons. The molecule has 2 amide bonds. The summed E-state index contributed by atoms with van der Waals surface area (Å²) in [6.45, 7) is 6.35. The minimum atomic E-state index is -0.200. The fourth-order valence-corrected chi connectivity index (χ4v) is 4.13. The molecule has 1 aliphatic rings. The summed E-state index contributed by atoms with van der Waals surface area (Å²) in [5, 5.41) is 7.22. The van der Waals surface area contributed by atoms with Crippen molar-refractivity contribution in [1.29, 1.82) is 0 Å². The van der Waals surface area contributed by atoms with Crippen molar-refractivity contribution in [1.82, 2.24) is 24.5 Å². The van der Waals surface area contributed by atoms with E-state index in [2.05, 4.69) is 25.3 Å². The van der Waals surface area contributed by atoms with Crippen LogP contribution >= 0.6 is 0 Å². The standard InChI is InChI=1S/C25H25N7O2/c1-17-8-9-20(15-21(17)29-23(33)19-6-4-3-5-7-19)24(34)31-12-10-30(11-13-31)22-14-18(2)28-25-26-16-27-32(22)25/h3-9,14-16H,10-13H2,1-2H3,(H,29,33). The Kier molecular flexibility index (Phi) is 5.67. The van der Waals surface area contributed by atoms with Gasteiger partial charge in [0.2, 0.25) is 0 Å². The molecule has 4 aromatic rings. The largest absolute Gasteiger partial charge is 0.353 e. The first-order chi connectivity index (χ1) is 16.5. The van der Waals surface area contributed by atoms with Gasteiger partial charge in [-0.15, -0.1) is 0 Å². The van der Waals surface area contributed by atoms with Crippen molar-refractivity contribution in [3.8, 4) is 0 Å². The number of nitrogens with zero attached hydrogens (tertiary/aromatic N) is 6. The Hall–Kier alpha value is -4.27. The second kappa shape index (κ2) is 8.93. The van der Waals surface area contributed by atoms with Crippen LogP contribution in [0.4, 0.5) is 11.5 Å². The second-order valence-corrected chi connectivity index (χ2v) is 8.36. The van der Waals surface area contributed by atoms with Crippen molar-refractivity contribution in [2.24, 2.45) is 0 Å². The van der Waals surface area contributed by atoms with Crippen LogP contribution in [-0.4, -0.2) is 62.5 Å². The molecule has 2 aromatic heterocycles. The highest BCUT2D eigenvalue weighted by molar-refractivity contribution is 6.05. The van der Waals surface area contributed by atoms with Gasteiger partial charge in [0, 0.05) is 54.8 Å². The Morgan fingerprint density at radius 1 is 0.912 bits per heavy atom. The van der Waals surface area contributed by atoms with E-state index in [4.69, 9.17) is 0 Å². The summed E-state index contributed by atoms with van der Waals surface area (Å²) in [6, 6.07) is 16.5. The Labute approximate surface area is 197 Å². The van der Waals surface area contributed by atoms with Crippen molar-refractivity contribution in [2.75, 3.05) is 36.4 Å². The summed E-state index contributed by atoms with van der Waals surface area (Å²) in [6.07, 6.45) is 1.50. The third-order valence-electron chi connectivity index (χ3n) is 6.02. The number of benzene rings is 2. The smallest absolute Gasteiger partial charge is 0.255 e. The Morgan fingerprint density at radius 2 is 1.68 bits per heavy atom. The summed E-state index contributed by atoms with van der Waals surface area (Å²) in [5.74, 6) is 1.24. The predicted molar refractivity (Wildman–Crippen MR) is 129 cm³/mol. The first kappa shape index (κ1) is 21.6. The maximum Gasteiger partial charge on any atom is 0.255 e. The number of carbonyl (C=O) groups is 2. The van der Waals surface area contributed by atoms with Gasteiger partial charge in [-0.3, -0.25) is 9.59 Å². The number of anilines is 2. The molecule has 1 fully saturated rings. The van der Waals surface area contributed by atoms with E-state index in [0.29, 0.717) is 48.8 Å². The summed E-state index contributed by atoms with van der Waals surface area (Å²) < 4.78 is 1.73. The number of nitrogens with one attached hydrogen (secondary N) is 1. The van der Waals surface area contributed by atoms with Gasteiger partial charge < -0.3 is 15.1 Å². The maximum atomic E-state index is 13.2. The van der Waals surface area contributed by atoms with Crippen molar-refractivity contribution >= 4 is 29.1 Å². The molecule has 3 heterocycles. The molecule has 2 aromatic carbocycles. The lowest BCUT2D eigenvalue weighted by atomic mass is 10.1. The van der Waals surface area contributed by atoms with E-state index in [1.54, 1.807) is 22.7 Å². The van der Waals surface area contributed by atoms with E-state index < -0.39 is 0 Å². The van der Waals surface area contributed by atoms with Crippen LogP contribution in [0, 0.1) is 13.8 Å². The van der Waals surface area contributed by atoms with E-state index in [0.717, 1.165) is 17.1 Å². The third kappa shape index (κ3) is 4.19. The zero-order valence-corrected chi connectivity index (χ0v) is 19.1. The van der Waals surface area contributed by atoms with Crippen molar-refractivity contribution in [3.63, 3.8) is 0 Å². The molecule has 0 saturated carbocycles. The van der Waals surface area contributed by atoms with Crippen LogP contribution in [0.2, 0.25) is 0 Å². The van der Waals surface area contributed by atoms with Crippen molar-refractivity contribution < 1.29 is 9.59 Å². The molecule has 5 rings (SSSR count). The van der Waals surface area contributed by atoms with Gasteiger partial charge in [-0.25, -0.2) is 4.98 Å². The van der Waals surface area contributed by atoms with E-state index >= 15 is 0 Å². The highest BCUT2D eigenvalue weighted by Gasteiger charge is 2.24. The molecule has 9 nitrogen and oxygen atoms in total. The van der Waals surface area contributed by atoms with Crippen LogP contribution in [0.3, 0.4) is 0 Å². The van der Waals surface area contributed by atoms with Gasteiger partial charge in [-0.1, -0.05) is 24.3 Å². The molecular formula is C25H25N7O2. The molecule has 0 atom stereocenters. The molecule has 1 N–H and O–H groups in total. The van der Waals surface area contributed by atoms with Crippen LogP contribution in [-0.2, 0) is 0 Å². The highest BCUT2D eigenvalue weighted by Crippen LogP contribution is 2.22. The summed E-state index contributed by atoms with van der Waals surface area (Å²) >= 11 is 0. The lowest BCUT2D eigenvalue weighted by molar-refractivity contribution is 0.0746. The maximum absolute atomic E-state index is 13.2. The van der Waals surface area contributed by atoms with Gasteiger partial charge in [-0.05, 0) is 43.7 Å². The number of hydrogen-bond acceptors (Lipinski definition) is 6. The fourth-order valence-electron chi connectivity index (χ4n) is 4.13. The van der Waals surface area contributed by atoms with Gasteiger partial charge in [0.15, 0.2) is 0 Å². The highest BCUT2D eigenvalue weighted by atomic mass is 16.2. The average Bonchev–Trinajstić information content (AvgIpc) is 3.33. The molecule has 1 aliphatic heterocycles. The molecular weight excluding hydrogens is 430 g/mol. The number of piperazine rings is 1. The van der Waals surface area contributed by atoms with E-state index in [-0.39, 0.29) is 11.8 Å². The summed E-state index contributed by atoms with van der Waals surface area (Å²) in [5.41, 5.74) is 3.54. The van der Waals surface area contributed by atoms with E-state index in [1.165, 1.54) is 6.33 Å². The number of amides is 2. The van der Waals surface area contributed by atoms with E-state index in [9.17, 15) is 9.59 Å². The quantitative estimate of drug-likeness (QED) is 0.508. The van der Waals surface area contributed by atoms with Crippen molar-refractivity contribution in [3.05, 3.63) is 83.3 Å². The summed E-state index contributed by atoms with van der Waals surface area (Å²) in [7, 11) is 0. The van der Waals surface area contributed by atoms with Gasteiger partial charge in [-0.2, -0.15) is 14.6 Å². The summed E-state index contributed by atoms with van der Waals surface area (Å²) in [4.78, 5) is 38.5. The molecule has 0 aliphatic carbocycles. The molecule has 0 bridgehead atoms. The van der Waals surface area contributed by atoms with E-state index in [1.807, 2.05) is 55.1 Å². The van der Waals surface area contributed by atoms with Gasteiger partial charge in [0.25, 0.3) is 17.6 Å². The molecule has 1 saturated heterocycles. The van der Waals surface area contributed by atoms with Crippen LogP contribution in [0.1, 0.15) is 32.0 Å². The molecule has 9 heteroatoms. The minimum Gasteiger partial charge on any atom is -0.353 e. The lowest BCUT2D eigenvalue weighted by Crippen LogP contribution is -2.49. The third-order valence-corrected chi connectivity index (χ3v) is 6.02. The SMILES string of the molecule is Cc1cc(N2CCN(C(=O)c3ccc(C)c(NC(=O)c4ccccc4)c3)CC2)n2ncnc2n1. The Balaban J connectivity index is 1.29. The number of rotatable bonds is 4. The monoisotopic (exact) mass is 455 g/mol. The molecule has 0 radical (unpaired) electrons. The van der Waals surface area contributed by atoms with Crippen LogP contribution in [0.25, 0.3) is 5.78 Å². The topological polar surface area (TPSA) is 95.7 Å². The Morgan fingerprint density at radius 3 is 2.44 bits per heavy atom. The molecule has 34 heavy (non-hydrogen) atoms. The number of hydrogen-bond donors (Lipinski definition) is 1. The van der Waals surface area contributed by atoms with Gasteiger partial charge >= 0.3 is 0 Å². The predicted octanol–water partition coefficient (Wildman–Crippen LogP) is 2.96. The zero-order chi connectivity index (χ0) is 23.7. The lowest BCUT2D eigenvalue weighted by Gasteiger charge is -2.36. The van der Waals surface area contributed by atoms with Crippen LogP contribution in [0.15, 0.2) is 60.9 Å². The number of carbonyl (C=O) groups excluding carboxylic acids is 2. The minimum absolute atomic E-state index is 0.0494. The fraction of sp³-hybridized carbons (Fsp3) is 0.240. The normalized spacial score (nSPS) is 13.8. The Bertz CT molecular complexity index is 1360. The number of aryl methyl sites for hydroxylation is 2. The van der Waals surface area contributed by atoms with Crippen molar-refractivity contribution in [2.45, 2.75) is 13.8 Å². The number of aromatic nitrogens is 4. The molecule has 0 spiro atoms. The zero-order valence-electron chi connectivity index (χ0n) is 19.1. The molecule has 0 unspecified atom stereocenters. The number of fused-ring (bicyclic) bond motifs is 1. The second-order valence-electron chi connectivity index (χ2n) is 8.36. The first-order valence-corrected chi connectivity index (χ1v) is 11.2. The van der Waals surface area contributed by atoms with Crippen LogP contribution in [0.5, 0.6) is 0 Å².